The molecule has 2 aliphatic carbocycles. The number of methoxy groups -OCH3 is 1. The van der Waals surface area contributed by atoms with Gasteiger partial charge in [0.25, 0.3) is 0 Å². The molecule has 0 aromatic heterocycles. The van der Waals surface area contributed by atoms with Crippen molar-refractivity contribution >= 4 is 0 Å². The molecule has 0 amide bonds. The van der Waals surface area contributed by atoms with Gasteiger partial charge in [0.2, 0.25) is 0 Å². The summed E-state index contributed by atoms with van der Waals surface area (Å²) >= 11 is 0. The van der Waals surface area contributed by atoms with Crippen LogP contribution in [0.2, 0.25) is 0 Å². The van der Waals surface area contributed by atoms with Crippen molar-refractivity contribution in [3.8, 4) is 5.75 Å². The molecule has 0 unspecified atom stereocenters. The van der Waals surface area contributed by atoms with Gasteiger partial charge < -0.3 is 4.74 Å². The van der Waals surface area contributed by atoms with Crippen molar-refractivity contribution in [3.63, 3.8) is 0 Å². The predicted molar refractivity (Wildman–Crippen MR) is 145 cm³/mol. The third-order valence-electron chi connectivity index (χ3n) is 5.79. The second kappa shape index (κ2) is 19.6. The summed E-state index contributed by atoms with van der Waals surface area (Å²) in [6.45, 7) is 14.0. The van der Waals surface area contributed by atoms with Crippen LogP contribution < -0.4 is 4.74 Å². The van der Waals surface area contributed by atoms with Crippen molar-refractivity contribution in [2.75, 3.05) is 7.11 Å². The van der Waals surface area contributed by atoms with Crippen LogP contribution in [0.25, 0.3) is 0 Å². The third-order valence-corrected chi connectivity index (χ3v) is 5.79. The van der Waals surface area contributed by atoms with Gasteiger partial charge in [-0.15, -0.1) is 0 Å². The van der Waals surface area contributed by atoms with E-state index in [1.807, 2.05) is 40.7 Å². The number of halogens is 1. The summed E-state index contributed by atoms with van der Waals surface area (Å²) in [6.07, 6.45) is 14.2. The van der Waals surface area contributed by atoms with Gasteiger partial charge in [0.15, 0.2) is 0 Å². The zero-order valence-corrected chi connectivity index (χ0v) is 22.9. The summed E-state index contributed by atoms with van der Waals surface area (Å²) in [5.74, 6) is 1.27. The van der Waals surface area contributed by atoms with Crippen molar-refractivity contribution in [3.05, 3.63) is 64.5 Å². The van der Waals surface area contributed by atoms with Gasteiger partial charge in [-0.05, 0) is 85.0 Å². The molecule has 4 rings (SSSR count). The molecule has 2 aliphatic rings. The van der Waals surface area contributed by atoms with E-state index < -0.39 is 0 Å². The molecule has 188 valence electrons. The molecule has 2 heteroatoms. The lowest BCUT2D eigenvalue weighted by atomic mass is 9.92. The minimum Gasteiger partial charge on any atom is -0.497 e. The van der Waals surface area contributed by atoms with Crippen LogP contribution in [-0.4, -0.2) is 7.11 Å². The highest BCUT2D eigenvalue weighted by Crippen LogP contribution is 2.25. The summed E-state index contributed by atoms with van der Waals surface area (Å²) in [7, 11) is 1.73. The van der Waals surface area contributed by atoms with E-state index in [1.54, 1.807) is 19.2 Å². The van der Waals surface area contributed by atoms with E-state index in [0.717, 1.165) is 16.9 Å². The zero-order valence-electron chi connectivity index (χ0n) is 22.9. The van der Waals surface area contributed by atoms with Gasteiger partial charge in [-0.2, -0.15) is 0 Å². The first-order valence-corrected chi connectivity index (χ1v) is 13.4. The van der Waals surface area contributed by atoms with E-state index in [9.17, 15) is 4.39 Å². The predicted octanol–water partition coefficient (Wildman–Crippen LogP) is 10.2. The van der Waals surface area contributed by atoms with Crippen LogP contribution in [-0.2, 0) is 12.8 Å². The van der Waals surface area contributed by atoms with Gasteiger partial charge in [0.05, 0.1) is 7.11 Å². The number of ether oxygens (including phenoxy) is 1. The van der Waals surface area contributed by atoms with E-state index in [0.29, 0.717) is 5.92 Å². The molecular weight excluding hydrogens is 407 g/mol. The Hall–Kier alpha value is -1.83. The van der Waals surface area contributed by atoms with E-state index in [-0.39, 0.29) is 5.82 Å². The molecule has 1 nitrogen and oxygen atoms in total. The molecule has 0 atom stereocenters. The molecule has 1 fully saturated rings. The summed E-state index contributed by atoms with van der Waals surface area (Å²) in [6, 6.07) is 11.6. The first-order valence-electron chi connectivity index (χ1n) is 13.4. The standard InChI is InChI=1S/C11H14O.C10H13F.C6H12.2C2H6/c1-12-11-7-6-9-4-2-3-5-10(9)8-11;1-7(2)9-4-8(3)5-10(11)6-9;1-2-4-6-5-3-1;2*1-2/h6-8H,2-5H2,1H3;4-7H,1-3H3;1-6H2;2*1-2H3. The van der Waals surface area contributed by atoms with Crippen LogP contribution in [0.4, 0.5) is 4.39 Å². The number of fused-ring (bicyclic) bond motifs is 1. The lowest BCUT2D eigenvalue weighted by Gasteiger charge is -2.15. The average molecular weight is 459 g/mol. The Morgan fingerprint density at radius 3 is 1.67 bits per heavy atom. The van der Waals surface area contributed by atoms with Crippen molar-refractivity contribution in [2.24, 2.45) is 0 Å². The van der Waals surface area contributed by atoms with Crippen molar-refractivity contribution < 1.29 is 9.13 Å². The van der Waals surface area contributed by atoms with E-state index in [4.69, 9.17) is 4.74 Å². The molecular formula is C31H51FO. The van der Waals surface area contributed by atoms with Gasteiger partial charge in [0.1, 0.15) is 11.6 Å². The summed E-state index contributed by atoms with van der Waals surface area (Å²) in [5, 5.41) is 0. The normalized spacial score (nSPS) is 13.9. The first-order chi connectivity index (χ1) is 16.0. The minimum absolute atomic E-state index is 0.131. The second-order valence-electron chi connectivity index (χ2n) is 8.68. The molecule has 2 aromatic rings. The van der Waals surface area contributed by atoms with Gasteiger partial charge in [-0.1, -0.05) is 92.2 Å². The van der Waals surface area contributed by atoms with Crippen LogP contribution in [0.15, 0.2) is 36.4 Å². The molecule has 1 saturated carbocycles. The number of hydrogen-bond donors (Lipinski definition) is 0. The quantitative estimate of drug-likeness (QED) is 0.435. The SMILES string of the molecule is C1CCCCC1.CC.CC.COc1ccc2c(c1)CCCC2.Cc1cc(F)cc(C(C)C)c1. The second-order valence-corrected chi connectivity index (χ2v) is 8.68. The smallest absolute Gasteiger partial charge is 0.123 e. The Morgan fingerprint density at radius 2 is 1.21 bits per heavy atom. The van der Waals surface area contributed by atoms with Crippen molar-refractivity contribution in [1.29, 1.82) is 0 Å². The fourth-order valence-corrected chi connectivity index (χ4v) is 4.00. The van der Waals surface area contributed by atoms with E-state index in [2.05, 4.69) is 32.0 Å². The Labute approximate surface area is 205 Å². The molecule has 2 aromatic carbocycles. The molecule has 0 radical (unpaired) electrons. The topological polar surface area (TPSA) is 9.23 Å². The summed E-state index contributed by atoms with van der Waals surface area (Å²) in [4.78, 5) is 0. The van der Waals surface area contributed by atoms with Crippen LogP contribution in [0.3, 0.4) is 0 Å². The van der Waals surface area contributed by atoms with Crippen LogP contribution in [0.1, 0.15) is 121 Å². The Morgan fingerprint density at radius 1 is 0.697 bits per heavy atom. The summed E-state index contributed by atoms with van der Waals surface area (Å²) < 4.78 is 18.0. The maximum Gasteiger partial charge on any atom is 0.123 e. The lowest BCUT2D eigenvalue weighted by Crippen LogP contribution is -2.02. The minimum atomic E-state index is -0.131. The highest BCUT2D eigenvalue weighted by atomic mass is 19.1. The number of hydrogen-bond acceptors (Lipinski definition) is 1. The molecule has 0 bridgehead atoms. The number of rotatable bonds is 2. The molecule has 0 spiro atoms. The molecule has 0 aliphatic heterocycles. The average Bonchev–Trinajstić information content (AvgIpc) is 2.87. The Kier molecular flexibility index (Phi) is 18.5. The van der Waals surface area contributed by atoms with Gasteiger partial charge in [0, 0.05) is 0 Å². The molecule has 0 heterocycles. The molecule has 33 heavy (non-hydrogen) atoms. The van der Waals surface area contributed by atoms with Crippen molar-refractivity contribution in [2.45, 2.75) is 119 Å². The van der Waals surface area contributed by atoms with E-state index >= 15 is 0 Å². The molecule has 0 saturated heterocycles. The summed E-state index contributed by atoms with van der Waals surface area (Å²) in [5.41, 5.74) is 5.07. The number of benzene rings is 2. The highest BCUT2D eigenvalue weighted by Gasteiger charge is 2.09. The van der Waals surface area contributed by atoms with Crippen LogP contribution in [0.5, 0.6) is 5.75 Å². The number of aryl methyl sites for hydroxylation is 3. The maximum absolute atomic E-state index is 12.8. The first kappa shape index (κ1) is 31.2. The zero-order chi connectivity index (χ0) is 25.1. The van der Waals surface area contributed by atoms with Gasteiger partial charge >= 0.3 is 0 Å². The van der Waals surface area contributed by atoms with Gasteiger partial charge in [-0.3, -0.25) is 0 Å². The fraction of sp³-hybridized carbons (Fsp3) is 0.613. The van der Waals surface area contributed by atoms with Crippen LogP contribution >= 0.6 is 0 Å². The molecule has 0 N–H and O–H groups in total. The lowest BCUT2D eigenvalue weighted by molar-refractivity contribution is 0.413. The largest absolute Gasteiger partial charge is 0.497 e. The Balaban J connectivity index is 0.000000450. The third kappa shape index (κ3) is 13.5. The van der Waals surface area contributed by atoms with Crippen molar-refractivity contribution in [1.82, 2.24) is 0 Å². The maximum atomic E-state index is 12.8. The van der Waals surface area contributed by atoms with E-state index in [1.165, 1.54) is 75.3 Å². The van der Waals surface area contributed by atoms with Gasteiger partial charge in [-0.25, -0.2) is 4.39 Å². The van der Waals surface area contributed by atoms with Crippen LogP contribution in [0, 0.1) is 12.7 Å². The fourth-order valence-electron chi connectivity index (χ4n) is 4.00. The Bertz CT molecular complexity index is 700. The monoisotopic (exact) mass is 458 g/mol. The highest BCUT2D eigenvalue weighted by molar-refractivity contribution is 5.37.